The van der Waals surface area contributed by atoms with Crippen molar-refractivity contribution < 1.29 is 4.42 Å². The third-order valence-corrected chi connectivity index (χ3v) is 13.8. The smallest absolute Gasteiger partial charge is 0.238 e. The number of hydrogen-bond donors (Lipinski definition) is 0. The number of para-hydroxylation sites is 4. The summed E-state index contributed by atoms with van der Waals surface area (Å²) >= 11 is 0. The van der Waals surface area contributed by atoms with E-state index in [2.05, 4.69) is 153 Å². The van der Waals surface area contributed by atoms with E-state index in [0.717, 1.165) is 60.4 Å². The van der Waals surface area contributed by atoms with E-state index in [4.69, 9.17) is 19.4 Å². The minimum absolute atomic E-state index is 0.0346. The van der Waals surface area contributed by atoms with Crippen LogP contribution >= 0.6 is 0 Å². The number of hydrogen-bond acceptors (Lipinski definition) is 4. The van der Waals surface area contributed by atoms with Crippen LogP contribution in [-0.2, 0) is 10.8 Å². The molecule has 6 nitrogen and oxygen atoms in total. The minimum atomic E-state index is -0.0378. The van der Waals surface area contributed by atoms with Crippen LogP contribution in [0.2, 0.25) is 0 Å². The molecule has 0 radical (unpaired) electrons. The lowest BCUT2D eigenvalue weighted by Crippen LogP contribution is -2.31. The molecule has 284 valence electrons. The molecule has 0 saturated carbocycles. The largest absolute Gasteiger partial charge is 0.455 e. The quantitative estimate of drug-likeness (QED) is 0.179. The van der Waals surface area contributed by atoms with E-state index >= 15 is 0 Å². The van der Waals surface area contributed by atoms with Crippen molar-refractivity contribution in [2.75, 3.05) is 0 Å². The van der Waals surface area contributed by atoms with Gasteiger partial charge in [-0.25, -0.2) is 4.98 Å². The van der Waals surface area contributed by atoms with Crippen molar-refractivity contribution in [1.29, 1.82) is 0 Å². The lowest BCUT2D eigenvalue weighted by atomic mass is 9.71. The number of furan rings is 1. The number of rotatable bonds is 4. The Bertz CT molecular complexity index is 3530. The van der Waals surface area contributed by atoms with E-state index in [0.29, 0.717) is 23.5 Å². The first-order valence-corrected chi connectivity index (χ1v) is 20.5. The molecule has 0 N–H and O–H groups in total. The summed E-state index contributed by atoms with van der Waals surface area (Å²) in [6.45, 7) is 12.1. The van der Waals surface area contributed by atoms with Crippen LogP contribution in [0.5, 0.6) is 0 Å². The van der Waals surface area contributed by atoms with E-state index in [-0.39, 0.29) is 10.8 Å². The van der Waals surface area contributed by atoms with Gasteiger partial charge >= 0.3 is 0 Å². The predicted molar refractivity (Wildman–Crippen MR) is 242 cm³/mol. The number of benzene rings is 7. The average Bonchev–Trinajstić information content (AvgIpc) is 3.95. The van der Waals surface area contributed by atoms with Gasteiger partial charge in [0.1, 0.15) is 11.2 Å². The molecule has 0 spiro atoms. The second kappa shape index (κ2) is 12.0. The van der Waals surface area contributed by atoms with Crippen LogP contribution in [-0.4, -0.2) is 24.1 Å². The summed E-state index contributed by atoms with van der Waals surface area (Å²) in [5.74, 6) is 2.15. The summed E-state index contributed by atoms with van der Waals surface area (Å²) in [6, 6.07) is 53.7. The fourth-order valence-corrected chi connectivity index (χ4v) is 10.4. The normalized spacial score (nSPS) is 16.0. The molecule has 6 heteroatoms. The van der Waals surface area contributed by atoms with Crippen LogP contribution in [0, 0.1) is 5.92 Å². The summed E-state index contributed by atoms with van der Waals surface area (Å²) in [5.41, 5.74) is 11.8. The molecule has 0 fully saturated rings. The number of aromatic nitrogens is 5. The van der Waals surface area contributed by atoms with Gasteiger partial charge in [-0.15, -0.1) is 0 Å². The van der Waals surface area contributed by atoms with Crippen molar-refractivity contribution in [3.05, 3.63) is 163 Å². The van der Waals surface area contributed by atoms with Crippen LogP contribution < -0.4 is 0 Å². The van der Waals surface area contributed by atoms with Gasteiger partial charge < -0.3 is 8.98 Å². The Kier molecular flexibility index (Phi) is 6.92. The monoisotopic (exact) mass is 763 g/mol. The van der Waals surface area contributed by atoms with Crippen LogP contribution in [0.3, 0.4) is 0 Å². The van der Waals surface area contributed by atoms with Gasteiger partial charge in [0.2, 0.25) is 5.95 Å². The van der Waals surface area contributed by atoms with E-state index in [9.17, 15) is 0 Å². The van der Waals surface area contributed by atoms with Gasteiger partial charge in [-0.3, -0.25) is 4.57 Å². The zero-order valence-electron chi connectivity index (χ0n) is 33.7. The summed E-state index contributed by atoms with van der Waals surface area (Å²) in [7, 11) is 0. The van der Waals surface area contributed by atoms with E-state index in [1.807, 2.05) is 42.5 Å². The Balaban J connectivity index is 1.19. The topological polar surface area (TPSA) is 61.7 Å². The first-order valence-electron chi connectivity index (χ1n) is 20.5. The molecular weight excluding hydrogens is 723 g/mol. The molecular formula is C53H41N5O. The second-order valence-electron chi connectivity index (χ2n) is 17.4. The van der Waals surface area contributed by atoms with E-state index in [1.165, 1.54) is 33.1 Å². The van der Waals surface area contributed by atoms with Gasteiger partial charge in [0.05, 0.1) is 33.3 Å². The van der Waals surface area contributed by atoms with E-state index < -0.39 is 0 Å². The molecule has 1 atom stereocenters. The highest BCUT2D eigenvalue weighted by Crippen LogP contribution is 2.56. The third-order valence-electron chi connectivity index (χ3n) is 13.8. The van der Waals surface area contributed by atoms with E-state index in [1.54, 1.807) is 0 Å². The van der Waals surface area contributed by atoms with Gasteiger partial charge in [-0.2, -0.15) is 9.97 Å². The molecule has 12 rings (SSSR count). The Morgan fingerprint density at radius 1 is 0.492 bits per heavy atom. The molecule has 4 heterocycles. The van der Waals surface area contributed by atoms with Crippen molar-refractivity contribution in [3.63, 3.8) is 0 Å². The molecule has 1 aliphatic rings. The van der Waals surface area contributed by atoms with Crippen molar-refractivity contribution >= 4 is 65.6 Å². The average molecular weight is 764 g/mol. The summed E-state index contributed by atoms with van der Waals surface area (Å²) in [5, 5.41) is 6.83. The maximum atomic E-state index is 6.54. The van der Waals surface area contributed by atoms with Crippen molar-refractivity contribution in [2.45, 2.75) is 45.4 Å². The molecule has 0 amide bonds. The summed E-state index contributed by atoms with van der Waals surface area (Å²) in [6.07, 6.45) is 0. The molecule has 7 aromatic carbocycles. The molecule has 1 aliphatic carbocycles. The molecule has 0 bridgehead atoms. The maximum Gasteiger partial charge on any atom is 0.238 e. The molecule has 11 aromatic rings. The first kappa shape index (κ1) is 34.0. The standard InChI is InChI=1S/C53H41N5O/c1-31-52(2,3)40-24-16-27-43(47(40)53(31,4)5)57-41-25-12-9-19-33(41)38-29-39-34-20-10-13-26-42(34)58(45(39)30-44(38)57)51-55-49(32-17-7-6-8-18-32)54-50(56-51)37-23-15-22-36-35-21-11-14-28-46(35)59-48(36)37/h6-31H,1-5H3. The molecule has 59 heavy (non-hydrogen) atoms. The Morgan fingerprint density at radius 2 is 1.10 bits per heavy atom. The molecule has 0 saturated heterocycles. The van der Waals surface area contributed by atoms with Crippen molar-refractivity contribution in [2.24, 2.45) is 5.92 Å². The maximum absolute atomic E-state index is 6.54. The Labute approximate surface area is 341 Å². The molecule has 0 aliphatic heterocycles. The highest BCUT2D eigenvalue weighted by atomic mass is 16.3. The first-order chi connectivity index (χ1) is 28.7. The highest BCUT2D eigenvalue weighted by molar-refractivity contribution is 6.19. The summed E-state index contributed by atoms with van der Waals surface area (Å²) in [4.78, 5) is 15.8. The fourth-order valence-electron chi connectivity index (χ4n) is 10.4. The Morgan fingerprint density at radius 3 is 1.86 bits per heavy atom. The Hall–Kier alpha value is -7.05. The summed E-state index contributed by atoms with van der Waals surface area (Å²) < 4.78 is 11.3. The van der Waals surface area contributed by atoms with Crippen LogP contribution in [0.4, 0.5) is 0 Å². The minimum Gasteiger partial charge on any atom is -0.455 e. The lowest BCUT2D eigenvalue weighted by molar-refractivity contribution is 0.264. The lowest BCUT2D eigenvalue weighted by Gasteiger charge is -2.33. The van der Waals surface area contributed by atoms with Crippen LogP contribution in [0.1, 0.15) is 45.7 Å². The molecule has 4 aromatic heterocycles. The predicted octanol–water partition coefficient (Wildman–Crippen LogP) is 13.5. The third kappa shape index (κ3) is 4.65. The van der Waals surface area contributed by atoms with Gasteiger partial charge in [-0.05, 0) is 70.3 Å². The fraction of sp³-hybridized carbons (Fsp3) is 0.151. The van der Waals surface area contributed by atoms with Gasteiger partial charge in [0, 0.05) is 37.9 Å². The van der Waals surface area contributed by atoms with Crippen molar-refractivity contribution in [1.82, 2.24) is 24.1 Å². The molecule has 1 unspecified atom stereocenters. The number of nitrogens with zero attached hydrogens (tertiary/aromatic N) is 5. The number of fused-ring (bicyclic) bond motifs is 10. The zero-order chi connectivity index (χ0) is 39.8. The highest BCUT2D eigenvalue weighted by Gasteiger charge is 2.50. The SMILES string of the molecule is CC1C(C)(C)c2cccc(-n3c4ccccc4c4cc5c6ccccc6n(-c6nc(-c7ccccc7)nc(-c7cccc8c7oc7ccccc78)n6)c5cc43)c2C1(C)C. The van der Waals surface area contributed by atoms with Gasteiger partial charge in [0.25, 0.3) is 0 Å². The van der Waals surface area contributed by atoms with Crippen LogP contribution in [0.25, 0.3) is 100.0 Å². The zero-order valence-corrected chi connectivity index (χ0v) is 33.7. The van der Waals surface area contributed by atoms with Gasteiger partial charge in [0.15, 0.2) is 11.6 Å². The van der Waals surface area contributed by atoms with Crippen LogP contribution in [0.15, 0.2) is 156 Å². The second-order valence-corrected chi connectivity index (χ2v) is 17.4. The van der Waals surface area contributed by atoms with Crippen molar-refractivity contribution in [3.8, 4) is 34.4 Å². The van der Waals surface area contributed by atoms with Gasteiger partial charge in [-0.1, -0.05) is 144 Å².